The molecule has 0 aliphatic carbocycles. The molecular formula is C17H20ClN3O2. The van der Waals surface area contributed by atoms with Crippen molar-refractivity contribution >= 4 is 17.7 Å². The second-order valence-electron chi connectivity index (χ2n) is 6.58. The van der Waals surface area contributed by atoms with Crippen LogP contribution in [-0.2, 0) is 0 Å². The number of alkyl halides is 1. The summed E-state index contributed by atoms with van der Waals surface area (Å²) in [5.41, 5.74) is 1.66. The first-order valence-electron chi connectivity index (χ1n) is 7.89. The SMILES string of the molecule is N#Cc1ccc(C(Cl)CN2CC3CC(C2)CN(C(=O)O)C3)cc1. The van der Waals surface area contributed by atoms with Gasteiger partial charge in [0.15, 0.2) is 0 Å². The number of rotatable bonds is 3. The van der Waals surface area contributed by atoms with E-state index in [1.165, 1.54) is 0 Å². The fourth-order valence-corrected chi connectivity index (χ4v) is 4.13. The number of hydrogen-bond donors (Lipinski definition) is 1. The third kappa shape index (κ3) is 3.77. The highest BCUT2D eigenvalue weighted by Crippen LogP contribution is 2.31. The Kier molecular flexibility index (Phi) is 4.74. The molecule has 1 N–H and O–H groups in total. The number of carbonyl (C=O) groups is 1. The maximum absolute atomic E-state index is 11.2. The summed E-state index contributed by atoms with van der Waals surface area (Å²) < 4.78 is 0. The van der Waals surface area contributed by atoms with Crippen molar-refractivity contribution in [2.45, 2.75) is 11.8 Å². The Hall–Kier alpha value is -1.77. The van der Waals surface area contributed by atoms with Crippen LogP contribution in [0.15, 0.2) is 24.3 Å². The average molecular weight is 334 g/mol. The quantitative estimate of drug-likeness (QED) is 0.864. The fraction of sp³-hybridized carbons (Fsp3) is 0.529. The van der Waals surface area contributed by atoms with Gasteiger partial charge in [-0.15, -0.1) is 11.6 Å². The van der Waals surface area contributed by atoms with Gasteiger partial charge in [0.2, 0.25) is 0 Å². The molecule has 3 unspecified atom stereocenters. The molecule has 3 atom stereocenters. The number of amides is 1. The maximum Gasteiger partial charge on any atom is 0.407 e. The molecule has 0 spiro atoms. The van der Waals surface area contributed by atoms with E-state index in [2.05, 4.69) is 11.0 Å². The second kappa shape index (κ2) is 6.77. The number of halogens is 1. The minimum Gasteiger partial charge on any atom is -0.465 e. The lowest BCUT2D eigenvalue weighted by molar-refractivity contribution is 0.0335. The smallest absolute Gasteiger partial charge is 0.407 e. The van der Waals surface area contributed by atoms with Crippen LogP contribution in [0, 0.1) is 23.2 Å². The van der Waals surface area contributed by atoms with Gasteiger partial charge < -0.3 is 14.9 Å². The Balaban J connectivity index is 1.59. The zero-order valence-electron chi connectivity index (χ0n) is 12.9. The van der Waals surface area contributed by atoms with E-state index in [1.807, 2.05) is 12.1 Å². The predicted molar refractivity (Wildman–Crippen MR) is 87.4 cm³/mol. The van der Waals surface area contributed by atoms with E-state index in [1.54, 1.807) is 17.0 Å². The van der Waals surface area contributed by atoms with Gasteiger partial charge in [-0.25, -0.2) is 4.79 Å². The van der Waals surface area contributed by atoms with Crippen LogP contribution in [0.4, 0.5) is 4.79 Å². The molecule has 2 aliphatic rings. The molecule has 3 rings (SSSR count). The molecule has 0 aromatic heterocycles. The number of nitriles is 1. The summed E-state index contributed by atoms with van der Waals surface area (Å²) in [4.78, 5) is 15.1. The van der Waals surface area contributed by atoms with Crippen LogP contribution in [0.2, 0.25) is 0 Å². The standard InChI is InChI=1S/C17H20ClN3O2/c18-16(15-3-1-12(6-19)2-4-15)11-20-7-13-5-14(8-20)10-21(9-13)17(22)23/h1-4,13-14,16H,5,7-11H2,(H,22,23). The Morgan fingerprint density at radius 1 is 1.26 bits per heavy atom. The Labute approximate surface area is 141 Å². The third-order valence-electron chi connectivity index (χ3n) is 4.75. The van der Waals surface area contributed by atoms with E-state index < -0.39 is 6.09 Å². The molecule has 2 saturated heterocycles. The van der Waals surface area contributed by atoms with E-state index in [-0.39, 0.29) is 5.38 Å². The normalized spacial score (nSPS) is 25.7. The van der Waals surface area contributed by atoms with Crippen LogP contribution < -0.4 is 0 Å². The largest absolute Gasteiger partial charge is 0.465 e. The van der Waals surface area contributed by atoms with Crippen LogP contribution in [0.1, 0.15) is 22.9 Å². The van der Waals surface area contributed by atoms with Crippen molar-refractivity contribution in [2.75, 3.05) is 32.7 Å². The summed E-state index contributed by atoms with van der Waals surface area (Å²) in [6.45, 7) is 3.82. The second-order valence-corrected chi connectivity index (χ2v) is 7.10. The molecule has 2 heterocycles. The summed E-state index contributed by atoms with van der Waals surface area (Å²) in [7, 11) is 0. The Morgan fingerprint density at radius 3 is 2.39 bits per heavy atom. The molecule has 1 aromatic carbocycles. The molecule has 1 amide bonds. The Morgan fingerprint density at radius 2 is 1.87 bits per heavy atom. The highest BCUT2D eigenvalue weighted by molar-refractivity contribution is 6.21. The molecule has 23 heavy (non-hydrogen) atoms. The maximum atomic E-state index is 11.2. The summed E-state index contributed by atoms with van der Waals surface area (Å²) in [5.74, 6) is 0.812. The predicted octanol–water partition coefficient (Wildman–Crippen LogP) is 2.77. The van der Waals surface area contributed by atoms with Crippen LogP contribution in [0.5, 0.6) is 0 Å². The van der Waals surface area contributed by atoms with Crippen molar-refractivity contribution in [3.05, 3.63) is 35.4 Å². The molecule has 2 bridgehead atoms. The lowest BCUT2D eigenvalue weighted by Gasteiger charge is -2.45. The minimum absolute atomic E-state index is 0.114. The van der Waals surface area contributed by atoms with Crippen molar-refractivity contribution in [3.8, 4) is 6.07 Å². The molecule has 2 fully saturated rings. The van der Waals surface area contributed by atoms with Gasteiger partial charge in [0, 0.05) is 32.7 Å². The van der Waals surface area contributed by atoms with Crippen molar-refractivity contribution < 1.29 is 9.90 Å². The van der Waals surface area contributed by atoms with E-state index in [0.29, 0.717) is 30.5 Å². The van der Waals surface area contributed by atoms with Gasteiger partial charge in [0.25, 0.3) is 0 Å². The van der Waals surface area contributed by atoms with Crippen LogP contribution in [0.25, 0.3) is 0 Å². The molecule has 122 valence electrons. The van der Waals surface area contributed by atoms with Gasteiger partial charge in [-0.1, -0.05) is 12.1 Å². The number of likely N-dealkylation sites (tertiary alicyclic amines) is 2. The van der Waals surface area contributed by atoms with Crippen molar-refractivity contribution in [1.82, 2.24) is 9.80 Å². The Bertz CT molecular complexity index is 599. The number of piperidine rings is 2. The zero-order chi connectivity index (χ0) is 16.4. The molecular weight excluding hydrogens is 314 g/mol. The van der Waals surface area contributed by atoms with Gasteiger partial charge in [-0.3, -0.25) is 0 Å². The summed E-state index contributed by atoms with van der Waals surface area (Å²) in [5, 5.41) is 17.9. The van der Waals surface area contributed by atoms with E-state index in [4.69, 9.17) is 22.0 Å². The highest BCUT2D eigenvalue weighted by Gasteiger charge is 2.36. The van der Waals surface area contributed by atoms with Gasteiger partial charge >= 0.3 is 6.09 Å². The van der Waals surface area contributed by atoms with Crippen molar-refractivity contribution in [3.63, 3.8) is 0 Å². The van der Waals surface area contributed by atoms with Crippen molar-refractivity contribution in [1.29, 1.82) is 5.26 Å². The van der Waals surface area contributed by atoms with E-state index in [9.17, 15) is 4.79 Å². The van der Waals surface area contributed by atoms with Crippen LogP contribution in [-0.4, -0.2) is 53.7 Å². The van der Waals surface area contributed by atoms with E-state index in [0.717, 1.165) is 31.6 Å². The molecule has 6 heteroatoms. The van der Waals surface area contributed by atoms with Gasteiger partial charge in [-0.05, 0) is 36.0 Å². The number of carboxylic acid groups (broad SMARTS) is 1. The monoisotopic (exact) mass is 333 g/mol. The topological polar surface area (TPSA) is 67.6 Å². The van der Waals surface area contributed by atoms with Crippen molar-refractivity contribution in [2.24, 2.45) is 11.8 Å². The molecule has 2 aliphatic heterocycles. The summed E-state index contributed by atoms with van der Waals surface area (Å²) in [6.07, 6.45) is 0.311. The number of nitrogens with zero attached hydrogens (tertiary/aromatic N) is 3. The molecule has 5 nitrogen and oxygen atoms in total. The lowest BCUT2D eigenvalue weighted by atomic mass is 9.84. The first-order valence-corrected chi connectivity index (χ1v) is 8.33. The van der Waals surface area contributed by atoms with Gasteiger partial charge in [0.05, 0.1) is 17.0 Å². The molecule has 1 aromatic rings. The zero-order valence-corrected chi connectivity index (χ0v) is 13.6. The summed E-state index contributed by atoms with van der Waals surface area (Å²) in [6, 6.07) is 9.51. The van der Waals surface area contributed by atoms with E-state index >= 15 is 0 Å². The number of benzene rings is 1. The van der Waals surface area contributed by atoms with Crippen LogP contribution >= 0.6 is 11.6 Å². The van der Waals surface area contributed by atoms with Gasteiger partial charge in [0.1, 0.15) is 0 Å². The average Bonchev–Trinajstić information content (AvgIpc) is 2.54. The third-order valence-corrected chi connectivity index (χ3v) is 5.14. The summed E-state index contributed by atoms with van der Waals surface area (Å²) >= 11 is 6.54. The lowest BCUT2D eigenvalue weighted by Crippen LogP contribution is -2.54. The first kappa shape index (κ1) is 16.1. The number of hydrogen-bond acceptors (Lipinski definition) is 3. The molecule has 0 saturated carbocycles. The first-order chi connectivity index (χ1) is 11.0. The highest BCUT2D eigenvalue weighted by atomic mass is 35.5. The fourth-order valence-electron chi connectivity index (χ4n) is 3.79. The molecule has 0 radical (unpaired) electrons. The number of fused-ring (bicyclic) bond motifs is 2. The van der Waals surface area contributed by atoms with Crippen LogP contribution in [0.3, 0.4) is 0 Å². The minimum atomic E-state index is -0.805. The van der Waals surface area contributed by atoms with Gasteiger partial charge in [-0.2, -0.15) is 5.26 Å².